The lowest BCUT2D eigenvalue weighted by atomic mass is 9.99. The van der Waals surface area contributed by atoms with E-state index in [0.717, 1.165) is 40.2 Å². The lowest BCUT2D eigenvalue weighted by Gasteiger charge is -2.26. The third kappa shape index (κ3) is 5.86. The molecule has 0 atom stereocenters. The Balaban J connectivity index is 1.30. The van der Waals surface area contributed by atoms with Crippen LogP contribution < -0.4 is 9.47 Å². The SMILES string of the molecule is COc1ccc(-c2ccc3ccccc3c2Oc2ccc(CCCCN3CCCCC3)cc2)cc1. The van der Waals surface area contributed by atoms with Gasteiger partial charge < -0.3 is 14.4 Å². The molecular weight excluding hydrogens is 430 g/mol. The predicted octanol–water partition coefficient (Wildman–Crippen LogP) is 8.12. The van der Waals surface area contributed by atoms with Gasteiger partial charge in [-0.1, -0.05) is 61.0 Å². The summed E-state index contributed by atoms with van der Waals surface area (Å²) in [6.45, 7) is 3.83. The molecule has 1 fully saturated rings. The van der Waals surface area contributed by atoms with Crippen LogP contribution in [0.2, 0.25) is 0 Å². The lowest BCUT2D eigenvalue weighted by molar-refractivity contribution is 0.225. The molecule has 35 heavy (non-hydrogen) atoms. The molecule has 0 aliphatic carbocycles. The Hall–Kier alpha value is -3.30. The molecule has 3 heteroatoms. The van der Waals surface area contributed by atoms with E-state index in [9.17, 15) is 0 Å². The van der Waals surface area contributed by atoms with Gasteiger partial charge in [0.05, 0.1) is 7.11 Å². The van der Waals surface area contributed by atoms with Crippen LogP contribution in [0.4, 0.5) is 0 Å². The van der Waals surface area contributed by atoms with Gasteiger partial charge in [-0.2, -0.15) is 0 Å². The van der Waals surface area contributed by atoms with Gasteiger partial charge in [-0.3, -0.25) is 0 Å². The van der Waals surface area contributed by atoms with Crippen LogP contribution >= 0.6 is 0 Å². The van der Waals surface area contributed by atoms with Gasteiger partial charge in [0.2, 0.25) is 0 Å². The molecule has 0 radical (unpaired) electrons. The molecule has 1 saturated heterocycles. The van der Waals surface area contributed by atoms with Gasteiger partial charge in [-0.15, -0.1) is 0 Å². The van der Waals surface area contributed by atoms with Crippen molar-refractivity contribution >= 4 is 10.8 Å². The van der Waals surface area contributed by atoms with Crippen molar-refractivity contribution in [2.75, 3.05) is 26.7 Å². The summed E-state index contributed by atoms with van der Waals surface area (Å²) in [6.07, 6.45) is 7.79. The number of fused-ring (bicyclic) bond motifs is 1. The zero-order valence-electron chi connectivity index (χ0n) is 20.7. The number of nitrogens with zero attached hydrogens (tertiary/aromatic N) is 1. The van der Waals surface area contributed by atoms with E-state index in [1.807, 2.05) is 12.1 Å². The Bertz CT molecular complexity index is 1220. The van der Waals surface area contributed by atoms with Crippen LogP contribution in [-0.4, -0.2) is 31.6 Å². The molecule has 4 aromatic carbocycles. The van der Waals surface area contributed by atoms with Crippen LogP contribution in [-0.2, 0) is 6.42 Å². The third-order valence-corrected chi connectivity index (χ3v) is 7.06. The molecule has 5 rings (SSSR count). The smallest absolute Gasteiger partial charge is 0.143 e. The summed E-state index contributed by atoms with van der Waals surface area (Å²) < 4.78 is 11.9. The molecule has 0 bridgehead atoms. The predicted molar refractivity (Wildman–Crippen MR) is 146 cm³/mol. The molecule has 180 valence electrons. The van der Waals surface area contributed by atoms with Crippen molar-refractivity contribution in [2.45, 2.75) is 38.5 Å². The second-order valence-corrected chi connectivity index (χ2v) is 9.50. The molecule has 0 N–H and O–H groups in total. The van der Waals surface area contributed by atoms with Crippen LogP contribution in [0.1, 0.15) is 37.7 Å². The van der Waals surface area contributed by atoms with Crippen LogP contribution in [0, 0.1) is 0 Å². The van der Waals surface area contributed by atoms with Crippen LogP contribution in [0.25, 0.3) is 21.9 Å². The van der Waals surface area contributed by atoms with Crippen LogP contribution in [0.3, 0.4) is 0 Å². The summed E-state index contributed by atoms with van der Waals surface area (Å²) >= 11 is 0. The Morgan fingerprint density at radius 1 is 0.714 bits per heavy atom. The molecule has 0 unspecified atom stereocenters. The number of piperidine rings is 1. The Kier molecular flexibility index (Phi) is 7.65. The zero-order chi connectivity index (χ0) is 23.9. The summed E-state index contributed by atoms with van der Waals surface area (Å²) in [5.41, 5.74) is 3.56. The van der Waals surface area contributed by atoms with Crippen molar-refractivity contribution in [3.63, 3.8) is 0 Å². The Morgan fingerprint density at radius 3 is 2.23 bits per heavy atom. The molecule has 4 aromatic rings. The first kappa shape index (κ1) is 23.4. The van der Waals surface area contributed by atoms with Gasteiger partial charge in [0.15, 0.2) is 0 Å². The maximum Gasteiger partial charge on any atom is 0.143 e. The maximum atomic E-state index is 6.56. The summed E-state index contributed by atoms with van der Waals surface area (Å²) in [6, 6.07) is 29.5. The number of rotatable bonds is 9. The number of hydrogen-bond donors (Lipinski definition) is 0. The van der Waals surface area contributed by atoms with Crippen molar-refractivity contribution in [1.29, 1.82) is 0 Å². The fourth-order valence-corrected chi connectivity index (χ4v) is 5.04. The first-order valence-electron chi connectivity index (χ1n) is 13.0. The minimum absolute atomic E-state index is 0.850. The van der Waals surface area contributed by atoms with E-state index < -0.39 is 0 Å². The van der Waals surface area contributed by atoms with E-state index in [4.69, 9.17) is 9.47 Å². The molecule has 0 amide bonds. The van der Waals surface area contributed by atoms with E-state index in [2.05, 4.69) is 77.7 Å². The lowest BCUT2D eigenvalue weighted by Crippen LogP contribution is -2.30. The summed E-state index contributed by atoms with van der Waals surface area (Å²) in [4.78, 5) is 2.63. The number of hydrogen-bond acceptors (Lipinski definition) is 3. The van der Waals surface area contributed by atoms with Crippen molar-refractivity contribution in [3.8, 4) is 28.4 Å². The Labute approximate surface area is 209 Å². The van der Waals surface area contributed by atoms with Gasteiger partial charge in [-0.05, 0) is 98.6 Å². The molecule has 1 heterocycles. The molecule has 0 spiro atoms. The van der Waals surface area contributed by atoms with Gasteiger partial charge >= 0.3 is 0 Å². The van der Waals surface area contributed by atoms with Gasteiger partial charge in [0.1, 0.15) is 17.2 Å². The second-order valence-electron chi connectivity index (χ2n) is 9.50. The van der Waals surface area contributed by atoms with E-state index in [0.29, 0.717) is 0 Å². The number of likely N-dealkylation sites (tertiary alicyclic amines) is 1. The van der Waals surface area contributed by atoms with Gasteiger partial charge in [-0.25, -0.2) is 0 Å². The van der Waals surface area contributed by atoms with Crippen LogP contribution in [0.5, 0.6) is 17.2 Å². The van der Waals surface area contributed by atoms with E-state index in [1.54, 1.807) is 7.11 Å². The molecule has 3 nitrogen and oxygen atoms in total. The minimum Gasteiger partial charge on any atom is -0.497 e. The van der Waals surface area contributed by atoms with E-state index in [-0.39, 0.29) is 0 Å². The molecule has 0 aromatic heterocycles. The largest absolute Gasteiger partial charge is 0.497 e. The van der Waals surface area contributed by atoms with Crippen molar-refractivity contribution in [2.24, 2.45) is 0 Å². The Morgan fingerprint density at radius 2 is 1.46 bits per heavy atom. The quantitative estimate of drug-likeness (QED) is 0.233. The number of aryl methyl sites for hydroxylation is 1. The van der Waals surface area contributed by atoms with Gasteiger partial charge in [0.25, 0.3) is 0 Å². The third-order valence-electron chi connectivity index (χ3n) is 7.06. The number of benzene rings is 4. The fraction of sp³-hybridized carbons (Fsp3) is 0.312. The van der Waals surface area contributed by atoms with Crippen molar-refractivity contribution < 1.29 is 9.47 Å². The number of unbranched alkanes of at least 4 members (excludes halogenated alkanes) is 1. The van der Waals surface area contributed by atoms with Crippen molar-refractivity contribution in [1.82, 2.24) is 4.90 Å². The average Bonchev–Trinajstić information content (AvgIpc) is 2.93. The zero-order valence-corrected chi connectivity index (χ0v) is 20.7. The summed E-state index contributed by atoms with van der Waals surface area (Å²) in [5, 5.41) is 2.28. The van der Waals surface area contributed by atoms with Crippen molar-refractivity contribution in [3.05, 3.63) is 90.5 Å². The second kappa shape index (κ2) is 11.4. The molecule has 1 aliphatic rings. The number of ether oxygens (including phenoxy) is 2. The highest BCUT2D eigenvalue weighted by molar-refractivity contribution is 5.95. The van der Waals surface area contributed by atoms with Crippen LogP contribution in [0.15, 0.2) is 84.9 Å². The summed E-state index contributed by atoms with van der Waals surface area (Å²) in [7, 11) is 1.69. The molecular formula is C32H35NO2. The van der Waals surface area contributed by atoms with E-state index >= 15 is 0 Å². The monoisotopic (exact) mass is 465 g/mol. The fourth-order valence-electron chi connectivity index (χ4n) is 5.04. The standard InChI is InChI=1S/C32H35NO2/c1-34-28-19-14-27(15-20-28)31-21-16-26-10-3-4-11-30(26)32(31)35-29-17-12-25(13-18-29)9-5-8-24-33-22-6-2-7-23-33/h3-4,10-21H,2,5-9,22-24H2,1H3. The topological polar surface area (TPSA) is 21.7 Å². The maximum absolute atomic E-state index is 6.56. The molecule has 0 saturated carbocycles. The average molecular weight is 466 g/mol. The van der Waals surface area contributed by atoms with Gasteiger partial charge in [0, 0.05) is 10.9 Å². The first-order chi connectivity index (χ1) is 17.3. The van der Waals surface area contributed by atoms with E-state index in [1.165, 1.54) is 62.7 Å². The highest BCUT2D eigenvalue weighted by Crippen LogP contribution is 2.40. The highest BCUT2D eigenvalue weighted by atomic mass is 16.5. The first-order valence-corrected chi connectivity index (χ1v) is 13.0. The molecule has 1 aliphatic heterocycles. The highest BCUT2D eigenvalue weighted by Gasteiger charge is 2.13. The minimum atomic E-state index is 0.850. The number of methoxy groups -OCH3 is 1. The summed E-state index contributed by atoms with van der Waals surface area (Å²) in [5.74, 6) is 2.61. The normalized spacial score (nSPS) is 14.2.